The summed E-state index contributed by atoms with van der Waals surface area (Å²) in [6.45, 7) is 5.19. The number of fused-ring (bicyclic) bond motifs is 2. The van der Waals surface area contributed by atoms with Gasteiger partial charge in [-0.05, 0) is 73.2 Å². The average molecular weight is 353 g/mol. The van der Waals surface area contributed by atoms with Crippen molar-refractivity contribution >= 4 is 16.5 Å². The van der Waals surface area contributed by atoms with Gasteiger partial charge in [0, 0.05) is 23.7 Å². The van der Waals surface area contributed by atoms with Crippen LogP contribution in [-0.2, 0) is 11.4 Å². The summed E-state index contributed by atoms with van der Waals surface area (Å²) in [5.41, 5.74) is 6.96. The number of rotatable bonds is 2. The first-order chi connectivity index (χ1) is 12.2. The Morgan fingerprint density at radius 2 is 1.50 bits per heavy atom. The second-order valence-corrected chi connectivity index (χ2v) is 7.30. The van der Waals surface area contributed by atoms with Crippen LogP contribution in [-0.4, -0.2) is 5.11 Å². The molecular formula is C21H20FNO3. The van der Waals surface area contributed by atoms with Gasteiger partial charge in [-0.15, -0.1) is 0 Å². The summed E-state index contributed by atoms with van der Waals surface area (Å²) in [5, 5.41) is 12.1. The van der Waals surface area contributed by atoms with Crippen LogP contribution in [0.1, 0.15) is 31.9 Å². The van der Waals surface area contributed by atoms with Gasteiger partial charge in [-0.2, -0.15) is 0 Å². The summed E-state index contributed by atoms with van der Waals surface area (Å²) in [4.78, 5) is 0. The number of ether oxygens (including phenoxy) is 2. The molecule has 4 nitrogen and oxygen atoms in total. The van der Waals surface area contributed by atoms with Crippen LogP contribution in [0, 0.1) is 5.82 Å². The summed E-state index contributed by atoms with van der Waals surface area (Å²) in [7, 11) is 0. The Balaban J connectivity index is 1.79. The highest BCUT2D eigenvalue weighted by molar-refractivity contribution is 5.90. The van der Waals surface area contributed by atoms with Crippen LogP contribution in [0.15, 0.2) is 48.5 Å². The van der Waals surface area contributed by atoms with E-state index in [1.807, 2.05) is 24.3 Å². The van der Waals surface area contributed by atoms with Gasteiger partial charge in [-0.1, -0.05) is 0 Å². The lowest BCUT2D eigenvalue weighted by molar-refractivity contribution is -0.0680. The third kappa shape index (κ3) is 2.65. The smallest absolute Gasteiger partial charge is 0.275 e. The molecule has 0 radical (unpaired) electrons. The van der Waals surface area contributed by atoms with Gasteiger partial charge in [-0.25, -0.2) is 4.39 Å². The van der Waals surface area contributed by atoms with E-state index in [1.165, 1.54) is 12.1 Å². The normalized spacial score (nSPS) is 19.1. The largest absolute Gasteiger partial charge is 0.445 e. The second kappa shape index (κ2) is 5.35. The zero-order valence-corrected chi connectivity index (χ0v) is 14.8. The van der Waals surface area contributed by atoms with Crippen molar-refractivity contribution in [3.8, 4) is 11.5 Å². The Kier molecular flexibility index (Phi) is 3.43. The van der Waals surface area contributed by atoms with E-state index >= 15 is 0 Å². The number of anilines is 1. The van der Waals surface area contributed by atoms with Crippen molar-refractivity contribution in [2.24, 2.45) is 0 Å². The van der Waals surface area contributed by atoms with Gasteiger partial charge in [0.1, 0.15) is 5.82 Å². The maximum atomic E-state index is 13.2. The van der Waals surface area contributed by atoms with Crippen molar-refractivity contribution < 1.29 is 19.0 Å². The topological polar surface area (TPSA) is 64.7 Å². The van der Waals surface area contributed by atoms with Crippen LogP contribution >= 0.6 is 0 Å². The molecule has 0 bridgehead atoms. The predicted molar refractivity (Wildman–Crippen MR) is 98.6 cm³/mol. The molecular weight excluding hydrogens is 333 g/mol. The van der Waals surface area contributed by atoms with Crippen LogP contribution < -0.4 is 15.2 Å². The minimum atomic E-state index is -1.04. The molecule has 1 unspecified atom stereocenters. The first-order valence-corrected chi connectivity index (χ1v) is 8.40. The molecule has 3 N–H and O–H groups in total. The van der Waals surface area contributed by atoms with Gasteiger partial charge in [0.25, 0.3) is 5.79 Å². The molecule has 26 heavy (non-hydrogen) atoms. The molecule has 0 aromatic heterocycles. The molecule has 134 valence electrons. The molecule has 0 saturated carbocycles. The van der Waals surface area contributed by atoms with Crippen LogP contribution in [0.2, 0.25) is 0 Å². The monoisotopic (exact) mass is 353 g/mol. The average Bonchev–Trinajstić information content (AvgIpc) is 2.88. The van der Waals surface area contributed by atoms with Crippen molar-refractivity contribution in [2.75, 3.05) is 5.73 Å². The third-order valence-electron chi connectivity index (χ3n) is 4.71. The minimum Gasteiger partial charge on any atom is -0.445 e. The van der Waals surface area contributed by atoms with E-state index in [4.69, 9.17) is 15.2 Å². The molecule has 0 saturated heterocycles. The molecule has 3 aromatic carbocycles. The first kappa shape index (κ1) is 16.7. The van der Waals surface area contributed by atoms with Crippen molar-refractivity contribution in [1.82, 2.24) is 0 Å². The Morgan fingerprint density at radius 3 is 2.04 bits per heavy atom. The van der Waals surface area contributed by atoms with E-state index in [-0.39, 0.29) is 5.82 Å². The fourth-order valence-corrected chi connectivity index (χ4v) is 3.33. The van der Waals surface area contributed by atoms with E-state index < -0.39 is 11.4 Å². The molecule has 5 heteroatoms. The molecule has 1 aliphatic heterocycles. The molecule has 0 aliphatic carbocycles. The van der Waals surface area contributed by atoms with E-state index in [0.29, 0.717) is 22.7 Å². The number of aliphatic hydroxyl groups is 1. The van der Waals surface area contributed by atoms with Gasteiger partial charge >= 0.3 is 0 Å². The highest BCUT2D eigenvalue weighted by atomic mass is 19.1. The Bertz CT molecular complexity index is 1010. The second-order valence-electron chi connectivity index (χ2n) is 7.30. The SMILES string of the molecule is CC(C)(O)c1cc2cc3c(cc2cc1N)OC(C)(c1ccc(F)cc1)O3. The first-order valence-electron chi connectivity index (χ1n) is 8.40. The zero-order chi connectivity index (χ0) is 18.7. The van der Waals surface area contributed by atoms with Crippen LogP contribution in [0.4, 0.5) is 10.1 Å². The third-order valence-corrected chi connectivity index (χ3v) is 4.71. The summed E-state index contributed by atoms with van der Waals surface area (Å²) in [6.07, 6.45) is 0. The van der Waals surface area contributed by atoms with Gasteiger partial charge in [-0.3, -0.25) is 0 Å². The summed E-state index contributed by atoms with van der Waals surface area (Å²) in [6, 6.07) is 13.5. The zero-order valence-electron chi connectivity index (χ0n) is 14.8. The molecule has 1 heterocycles. The number of nitrogens with two attached hydrogens (primary N) is 1. The van der Waals surface area contributed by atoms with E-state index in [2.05, 4.69) is 0 Å². The fourth-order valence-electron chi connectivity index (χ4n) is 3.33. The quantitative estimate of drug-likeness (QED) is 0.669. The van der Waals surface area contributed by atoms with E-state index in [9.17, 15) is 9.50 Å². The van der Waals surface area contributed by atoms with Crippen LogP contribution in [0.3, 0.4) is 0 Å². The Hall–Kier alpha value is -2.79. The van der Waals surface area contributed by atoms with E-state index in [1.54, 1.807) is 32.9 Å². The van der Waals surface area contributed by atoms with Gasteiger partial charge in [0.15, 0.2) is 11.5 Å². The molecule has 0 fully saturated rings. The number of nitrogen functional groups attached to an aromatic ring is 1. The fraction of sp³-hybridized carbons (Fsp3) is 0.238. The molecule has 0 amide bonds. The summed E-state index contributed by atoms with van der Waals surface area (Å²) in [5.74, 6) is -0.151. The Labute approximate surface area is 151 Å². The van der Waals surface area contributed by atoms with Gasteiger partial charge < -0.3 is 20.3 Å². The molecule has 0 spiro atoms. The van der Waals surface area contributed by atoms with Crippen molar-refractivity contribution in [3.63, 3.8) is 0 Å². The highest BCUT2D eigenvalue weighted by Crippen LogP contribution is 2.46. The lowest BCUT2D eigenvalue weighted by Gasteiger charge is -2.23. The molecule has 4 rings (SSSR count). The number of benzene rings is 3. The number of hydrogen-bond donors (Lipinski definition) is 2. The minimum absolute atomic E-state index is 0.312. The molecule has 3 aromatic rings. The summed E-state index contributed by atoms with van der Waals surface area (Å²) >= 11 is 0. The van der Waals surface area contributed by atoms with Gasteiger partial charge in [0.05, 0.1) is 5.60 Å². The standard InChI is InChI=1S/C21H20FNO3/c1-20(2,24)16-8-12-10-18-19(11-13(12)9-17(16)23)26-21(3,25-18)14-4-6-15(22)7-5-14/h4-11,24H,23H2,1-3H3. The number of hydrogen-bond acceptors (Lipinski definition) is 4. The highest BCUT2D eigenvalue weighted by Gasteiger charge is 2.39. The molecule has 1 aliphatic rings. The lowest BCUT2D eigenvalue weighted by atomic mass is 9.93. The van der Waals surface area contributed by atoms with Crippen molar-refractivity contribution in [2.45, 2.75) is 32.2 Å². The Morgan fingerprint density at radius 1 is 0.962 bits per heavy atom. The maximum absolute atomic E-state index is 13.2. The maximum Gasteiger partial charge on any atom is 0.275 e. The number of halogens is 1. The van der Waals surface area contributed by atoms with Crippen molar-refractivity contribution in [1.29, 1.82) is 0 Å². The van der Waals surface area contributed by atoms with Gasteiger partial charge in [0.2, 0.25) is 0 Å². The van der Waals surface area contributed by atoms with Crippen LogP contribution in [0.5, 0.6) is 11.5 Å². The van der Waals surface area contributed by atoms with Crippen molar-refractivity contribution in [3.05, 3.63) is 65.5 Å². The molecule has 1 atom stereocenters. The predicted octanol–water partition coefficient (Wildman–Crippen LogP) is 4.43. The summed E-state index contributed by atoms with van der Waals surface area (Å²) < 4.78 is 25.3. The van der Waals surface area contributed by atoms with Crippen LogP contribution in [0.25, 0.3) is 10.8 Å². The lowest BCUT2D eigenvalue weighted by Crippen LogP contribution is -2.31. The van der Waals surface area contributed by atoms with E-state index in [0.717, 1.165) is 16.3 Å².